The number of aromatic nitrogens is 1. The molecule has 4 rings (SSSR count). The van der Waals surface area contributed by atoms with Crippen LogP contribution in [-0.2, 0) is 6.54 Å². The molecule has 0 aliphatic carbocycles. The molecule has 23 heavy (non-hydrogen) atoms. The molecule has 1 aliphatic rings. The zero-order valence-electron chi connectivity index (χ0n) is 12.4. The van der Waals surface area contributed by atoms with Crippen LogP contribution >= 0.6 is 35.0 Å². The molecule has 0 atom stereocenters. The molecule has 0 saturated heterocycles. The first-order valence-corrected chi connectivity index (χ1v) is 9.10. The van der Waals surface area contributed by atoms with E-state index in [1.165, 1.54) is 16.2 Å². The first-order chi connectivity index (χ1) is 11.2. The highest BCUT2D eigenvalue weighted by Crippen LogP contribution is 2.24. The Hall–Kier alpha value is -1.26. The summed E-state index contributed by atoms with van der Waals surface area (Å²) < 4.78 is 0. The Morgan fingerprint density at radius 2 is 1.78 bits per heavy atom. The van der Waals surface area contributed by atoms with Gasteiger partial charge in [0.15, 0.2) is 0 Å². The number of fused-ring (bicyclic) bond motifs is 2. The third kappa shape index (κ3) is 4.39. The highest BCUT2D eigenvalue weighted by molar-refractivity contribution is 7.99. The van der Waals surface area contributed by atoms with Crippen molar-refractivity contribution in [2.45, 2.75) is 11.4 Å². The third-order valence-corrected chi connectivity index (χ3v) is 5.08. The number of pyridine rings is 1. The molecule has 0 amide bonds. The van der Waals surface area contributed by atoms with E-state index in [4.69, 9.17) is 23.2 Å². The summed E-state index contributed by atoms with van der Waals surface area (Å²) in [5, 5.41) is 5.39. The normalized spacial score (nSPS) is 13.7. The Balaban J connectivity index is 0.000000136. The molecule has 1 N–H and O–H groups in total. The number of rotatable bonds is 0. The van der Waals surface area contributed by atoms with Crippen molar-refractivity contribution in [3.63, 3.8) is 0 Å². The third-order valence-electron chi connectivity index (χ3n) is 3.46. The Labute approximate surface area is 150 Å². The molecule has 0 radical (unpaired) electrons. The zero-order chi connectivity index (χ0) is 16.1. The molecule has 0 unspecified atom stereocenters. The number of halogens is 2. The van der Waals surface area contributed by atoms with Crippen LogP contribution in [0.15, 0.2) is 59.5 Å². The topological polar surface area (TPSA) is 24.9 Å². The second kappa shape index (κ2) is 8.02. The molecule has 2 nitrogen and oxygen atoms in total. The molecule has 2 aromatic carbocycles. The largest absolute Gasteiger partial charge is 0.312 e. The summed E-state index contributed by atoms with van der Waals surface area (Å²) in [7, 11) is 0. The van der Waals surface area contributed by atoms with Gasteiger partial charge in [0.1, 0.15) is 5.15 Å². The maximum Gasteiger partial charge on any atom is 0.131 e. The smallest absolute Gasteiger partial charge is 0.131 e. The van der Waals surface area contributed by atoms with Crippen LogP contribution in [-0.4, -0.2) is 17.3 Å². The van der Waals surface area contributed by atoms with E-state index in [1.807, 2.05) is 36.0 Å². The van der Waals surface area contributed by atoms with Crippen LogP contribution in [0.1, 0.15) is 5.56 Å². The molecule has 0 saturated carbocycles. The van der Waals surface area contributed by atoms with Crippen molar-refractivity contribution in [1.29, 1.82) is 0 Å². The van der Waals surface area contributed by atoms with Gasteiger partial charge >= 0.3 is 0 Å². The fourth-order valence-corrected chi connectivity index (χ4v) is 3.84. The van der Waals surface area contributed by atoms with Crippen LogP contribution in [0.2, 0.25) is 10.2 Å². The average molecular weight is 363 g/mol. The number of thioether (sulfide) groups is 1. The lowest BCUT2D eigenvalue weighted by molar-refractivity contribution is 0.732. The summed E-state index contributed by atoms with van der Waals surface area (Å²) in [4.78, 5) is 5.56. The Bertz CT molecular complexity index is 783. The van der Waals surface area contributed by atoms with Gasteiger partial charge in [0.2, 0.25) is 0 Å². The molecular formula is C18H16Cl2N2S. The number of hydrogen-bond donors (Lipinski definition) is 1. The van der Waals surface area contributed by atoms with E-state index in [9.17, 15) is 0 Å². The fraction of sp³-hybridized carbons (Fsp3) is 0.167. The molecule has 118 valence electrons. The van der Waals surface area contributed by atoms with E-state index < -0.39 is 0 Å². The number of benzene rings is 2. The Morgan fingerprint density at radius 1 is 1.00 bits per heavy atom. The number of nitrogens with one attached hydrogen (secondary N) is 1. The molecule has 0 spiro atoms. The highest BCUT2D eigenvalue weighted by Gasteiger charge is 2.05. The number of para-hydroxylation sites is 1. The lowest BCUT2D eigenvalue weighted by Crippen LogP contribution is -2.13. The van der Waals surface area contributed by atoms with E-state index in [0.717, 1.165) is 24.0 Å². The molecule has 1 aliphatic heterocycles. The van der Waals surface area contributed by atoms with Crippen molar-refractivity contribution in [1.82, 2.24) is 10.3 Å². The van der Waals surface area contributed by atoms with Gasteiger partial charge < -0.3 is 5.32 Å². The van der Waals surface area contributed by atoms with Gasteiger partial charge in [0, 0.05) is 29.1 Å². The molecule has 0 bridgehead atoms. The predicted molar refractivity (Wildman–Crippen MR) is 101 cm³/mol. The fourth-order valence-electron chi connectivity index (χ4n) is 2.35. The standard InChI is InChI=1S/C9H5Cl2N.C9H11NS/c10-7-5-9(11)12-8-4-2-1-3-6(7)8;1-2-4-9-8(3-1)7-10-5-6-11-9/h1-5H;1-4,10H,5-7H2. The predicted octanol–water partition coefficient (Wildman–Crippen LogP) is 5.42. The number of nitrogens with zero attached hydrogens (tertiary/aromatic N) is 1. The van der Waals surface area contributed by atoms with E-state index >= 15 is 0 Å². The first kappa shape index (κ1) is 16.6. The minimum Gasteiger partial charge on any atom is -0.312 e. The van der Waals surface area contributed by atoms with Gasteiger partial charge in [0.25, 0.3) is 0 Å². The van der Waals surface area contributed by atoms with E-state index in [-0.39, 0.29) is 0 Å². The summed E-state index contributed by atoms with van der Waals surface area (Å²) in [6, 6.07) is 17.9. The van der Waals surface area contributed by atoms with Gasteiger partial charge in [-0.15, -0.1) is 11.8 Å². The van der Waals surface area contributed by atoms with E-state index in [2.05, 4.69) is 34.6 Å². The minimum absolute atomic E-state index is 0.429. The van der Waals surface area contributed by atoms with Gasteiger partial charge in [-0.05, 0) is 23.8 Å². The van der Waals surface area contributed by atoms with E-state index in [1.54, 1.807) is 6.07 Å². The molecule has 0 fully saturated rings. The maximum absolute atomic E-state index is 5.94. The van der Waals surface area contributed by atoms with Crippen molar-refractivity contribution in [2.75, 3.05) is 12.3 Å². The minimum atomic E-state index is 0.429. The molecule has 5 heteroatoms. The molecule has 3 aromatic rings. The summed E-state index contributed by atoms with van der Waals surface area (Å²) in [6.07, 6.45) is 0. The van der Waals surface area contributed by atoms with E-state index in [0.29, 0.717) is 10.2 Å². The summed E-state index contributed by atoms with van der Waals surface area (Å²) in [5.74, 6) is 1.19. The van der Waals surface area contributed by atoms with Gasteiger partial charge in [-0.25, -0.2) is 4.98 Å². The maximum atomic E-state index is 5.94. The van der Waals surface area contributed by atoms with Crippen LogP contribution in [0.4, 0.5) is 0 Å². The summed E-state index contributed by atoms with van der Waals surface area (Å²) >= 11 is 13.6. The molecule has 2 heterocycles. The van der Waals surface area contributed by atoms with Crippen LogP contribution < -0.4 is 5.32 Å². The van der Waals surface area contributed by atoms with Crippen LogP contribution in [0.3, 0.4) is 0 Å². The zero-order valence-corrected chi connectivity index (χ0v) is 14.8. The van der Waals surface area contributed by atoms with Crippen molar-refractivity contribution in [3.8, 4) is 0 Å². The SMILES string of the molecule is Clc1cc(Cl)c2ccccc2n1.c1ccc2c(c1)CNCCS2. The van der Waals surface area contributed by atoms with Gasteiger partial charge in [-0.2, -0.15) is 0 Å². The first-order valence-electron chi connectivity index (χ1n) is 7.36. The quantitative estimate of drug-likeness (QED) is 0.540. The van der Waals surface area contributed by atoms with Gasteiger partial charge in [0.05, 0.1) is 10.5 Å². The van der Waals surface area contributed by atoms with Crippen LogP contribution in [0.5, 0.6) is 0 Å². The second-order valence-corrected chi connectivity index (χ2v) is 7.01. The Kier molecular flexibility index (Phi) is 5.79. The Morgan fingerprint density at radius 3 is 2.70 bits per heavy atom. The summed E-state index contributed by atoms with van der Waals surface area (Å²) in [6.45, 7) is 2.16. The van der Waals surface area contributed by atoms with Gasteiger partial charge in [-0.3, -0.25) is 0 Å². The summed E-state index contributed by atoms with van der Waals surface area (Å²) in [5.41, 5.74) is 2.27. The van der Waals surface area contributed by atoms with Crippen molar-refractivity contribution in [2.24, 2.45) is 0 Å². The second-order valence-electron chi connectivity index (χ2n) is 5.08. The van der Waals surface area contributed by atoms with Crippen molar-refractivity contribution in [3.05, 3.63) is 70.3 Å². The van der Waals surface area contributed by atoms with Gasteiger partial charge in [-0.1, -0.05) is 59.6 Å². The molecule has 1 aromatic heterocycles. The monoisotopic (exact) mass is 362 g/mol. The average Bonchev–Trinajstić information content (AvgIpc) is 2.81. The van der Waals surface area contributed by atoms with Crippen molar-refractivity contribution < 1.29 is 0 Å². The lowest BCUT2D eigenvalue weighted by Gasteiger charge is -2.01. The molecular weight excluding hydrogens is 347 g/mol. The van der Waals surface area contributed by atoms with Crippen LogP contribution in [0, 0.1) is 0 Å². The lowest BCUT2D eigenvalue weighted by atomic mass is 10.2. The van der Waals surface area contributed by atoms with Crippen LogP contribution in [0.25, 0.3) is 10.9 Å². The highest BCUT2D eigenvalue weighted by atomic mass is 35.5. The number of hydrogen-bond acceptors (Lipinski definition) is 3. The van der Waals surface area contributed by atoms with Crippen molar-refractivity contribution >= 4 is 45.9 Å².